The molecule has 0 aliphatic heterocycles. The Morgan fingerprint density at radius 3 is 1.79 bits per heavy atom. The van der Waals surface area contributed by atoms with Gasteiger partial charge in [-0.1, -0.05) is 95.9 Å². The molecule has 1 atom stereocenters. The average molecular weight is 623 g/mol. The van der Waals surface area contributed by atoms with Crippen LogP contribution in [-0.4, -0.2) is 36.5 Å². The third-order valence-corrected chi connectivity index (χ3v) is 10.3. The number of esters is 1. The molecule has 3 aromatic carbocycles. The molecule has 234 valence electrons. The van der Waals surface area contributed by atoms with Gasteiger partial charge in [0.1, 0.15) is 11.5 Å². The lowest BCUT2D eigenvalue weighted by Crippen LogP contribution is -2.29. The number of hydrogen-bond donors (Lipinski definition) is 2. The number of rotatable bonds is 20. The number of unbranched alkanes of at least 4 members (excludes halogenated alkanes) is 8. The Morgan fingerprint density at radius 1 is 0.744 bits per heavy atom. The van der Waals surface area contributed by atoms with Crippen LogP contribution in [0.2, 0.25) is 12.6 Å². The highest BCUT2D eigenvalue weighted by Gasteiger charge is 2.19. The first-order chi connectivity index (χ1) is 20.7. The summed E-state index contributed by atoms with van der Waals surface area (Å²) in [5.74, 6) is 2.80. The molecule has 2 N–H and O–H groups in total. The molecule has 0 aromatic heterocycles. The molecule has 0 fully saturated rings. The van der Waals surface area contributed by atoms with E-state index in [4.69, 9.17) is 9.47 Å². The number of carbonyl (C=O) groups is 1. The molecule has 5 nitrogen and oxygen atoms in total. The Hall–Kier alpha value is -2.58. The van der Waals surface area contributed by atoms with Crippen molar-refractivity contribution in [2.45, 2.75) is 95.5 Å². The number of ether oxygens (including phenoxy) is 2. The summed E-state index contributed by atoms with van der Waals surface area (Å²) in [5, 5.41) is 0. The summed E-state index contributed by atoms with van der Waals surface area (Å²) in [4.78, 5) is 32.7. The molecule has 0 saturated heterocycles. The minimum absolute atomic E-state index is 0.351. The minimum Gasteiger partial charge on any atom is -0.494 e. The van der Waals surface area contributed by atoms with Gasteiger partial charge in [-0.15, -0.1) is 11.8 Å². The lowest BCUT2D eigenvalue weighted by molar-refractivity contribution is 0.0734. The smallest absolute Gasteiger partial charge is 0.343 e. The van der Waals surface area contributed by atoms with Gasteiger partial charge in [0.15, 0.2) is 0 Å². The molecule has 0 amide bonds. The van der Waals surface area contributed by atoms with Crippen LogP contribution >= 0.6 is 11.8 Å². The highest BCUT2D eigenvalue weighted by Crippen LogP contribution is 2.26. The second kappa shape index (κ2) is 18.9. The van der Waals surface area contributed by atoms with E-state index in [9.17, 15) is 14.4 Å². The van der Waals surface area contributed by atoms with E-state index in [1.165, 1.54) is 49.8 Å². The van der Waals surface area contributed by atoms with Crippen molar-refractivity contribution >= 4 is 26.3 Å². The van der Waals surface area contributed by atoms with Gasteiger partial charge in [0.2, 0.25) is 0 Å². The van der Waals surface area contributed by atoms with Gasteiger partial charge in [-0.2, -0.15) is 0 Å². The number of hydrogen-bond acceptors (Lipinski definition) is 6. The maximum absolute atomic E-state index is 12.6. The average Bonchev–Trinajstić information content (AvgIpc) is 3.00. The molecule has 0 heterocycles. The minimum atomic E-state index is -2.84. The van der Waals surface area contributed by atoms with Crippen molar-refractivity contribution in [2.24, 2.45) is 5.92 Å². The summed E-state index contributed by atoms with van der Waals surface area (Å²) >= 11 is 1.82. The largest absolute Gasteiger partial charge is 0.494 e. The Bertz CT molecular complexity index is 1190. The second-order valence-corrected chi connectivity index (χ2v) is 15.8. The molecular formula is C36H50O5SSi. The molecule has 0 bridgehead atoms. The first-order valence-corrected chi connectivity index (χ1v) is 19.6. The number of benzene rings is 3. The van der Waals surface area contributed by atoms with E-state index in [0.717, 1.165) is 48.5 Å². The summed E-state index contributed by atoms with van der Waals surface area (Å²) in [5.41, 5.74) is 2.68. The van der Waals surface area contributed by atoms with Crippen molar-refractivity contribution in [3.8, 4) is 22.6 Å². The molecule has 3 aromatic rings. The van der Waals surface area contributed by atoms with Gasteiger partial charge in [0.25, 0.3) is 0 Å². The zero-order valence-electron chi connectivity index (χ0n) is 26.2. The lowest BCUT2D eigenvalue weighted by atomic mass is 10.1. The van der Waals surface area contributed by atoms with Gasteiger partial charge in [0.05, 0.1) is 12.2 Å². The Labute approximate surface area is 264 Å². The van der Waals surface area contributed by atoms with Crippen LogP contribution in [0, 0.1) is 5.92 Å². The summed E-state index contributed by atoms with van der Waals surface area (Å²) in [6.07, 6.45) is 11.6. The fourth-order valence-corrected chi connectivity index (χ4v) is 6.62. The zero-order valence-corrected chi connectivity index (χ0v) is 28.0. The first-order valence-electron chi connectivity index (χ1n) is 16.0. The first kappa shape index (κ1) is 34.9. The molecule has 43 heavy (non-hydrogen) atoms. The van der Waals surface area contributed by atoms with Gasteiger partial charge in [-0.3, -0.25) is 0 Å². The van der Waals surface area contributed by atoms with Crippen LogP contribution in [0.1, 0.15) is 88.4 Å². The highest BCUT2D eigenvalue weighted by atomic mass is 32.2. The van der Waals surface area contributed by atoms with Crippen LogP contribution in [0.3, 0.4) is 0 Å². The monoisotopic (exact) mass is 622 g/mol. The van der Waals surface area contributed by atoms with Crippen LogP contribution in [-0.2, 0) is 0 Å². The van der Waals surface area contributed by atoms with Crippen LogP contribution in [0.5, 0.6) is 11.5 Å². The molecule has 0 saturated carbocycles. The number of carbonyl (C=O) groups excluding carboxylic acids is 1. The van der Waals surface area contributed by atoms with E-state index < -0.39 is 8.56 Å². The van der Waals surface area contributed by atoms with E-state index in [1.54, 1.807) is 6.55 Å². The van der Waals surface area contributed by atoms with Crippen LogP contribution < -0.4 is 9.47 Å². The van der Waals surface area contributed by atoms with Crippen molar-refractivity contribution in [3.05, 3.63) is 78.4 Å². The van der Waals surface area contributed by atoms with Gasteiger partial charge in [0, 0.05) is 10.6 Å². The fourth-order valence-electron chi connectivity index (χ4n) is 4.66. The van der Waals surface area contributed by atoms with Gasteiger partial charge in [-0.05, 0) is 84.6 Å². The van der Waals surface area contributed by atoms with E-state index >= 15 is 0 Å². The standard InChI is InChI=1S/C36H50O5SSi/c1-4-29(2)28-42-35-24-18-32(19-25-35)36(37)41-34-22-16-31(17-23-34)30-14-20-33(21-15-30)40-26-12-10-8-6-5-7-9-11-13-27-43(3,38)39/h14-25,29,38-39H,4-13,26-28H2,1-3H3/t29-/m0/s1. The zero-order chi connectivity index (χ0) is 30.9. The second-order valence-electron chi connectivity index (χ2n) is 11.8. The SMILES string of the molecule is CC[C@H](C)CSc1ccc(C(=O)Oc2ccc(-c3ccc(OCCCCCCCCCCC[Si](C)(O)O)cc3)cc2)cc1. The molecule has 3 rings (SSSR count). The third-order valence-electron chi connectivity index (χ3n) is 7.64. The predicted octanol–water partition coefficient (Wildman–Crippen LogP) is 9.66. The van der Waals surface area contributed by atoms with E-state index in [1.807, 2.05) is 72.4 Å². The van der Waals surface area contributed by atoms with Crippen LogP contribution in [0.15, 0.2) is 77.7 Å². The Balaban J connectivity index is 1.30. The fraction of sp³-hybridized carbons (Fsp3) is 0.472. The number of thioether (sulfide) groups is 1. The van der Waals surface area contributed by atoms with Gasteiger partial charge >= 0.3 is 14.5 Å². The van der Waals surface area contributed by atoms with Crippen molar-refractivity contribution in [3.63, 3.8) is 0 Å². The van der Waals surface area contributed by atoms with Gasteiger partial charge in [-0.25, -0.2) is 4.79 Å². The predicted molar refractivity (Wildman–Crippen MR) is 181 cm³/mol. The normalized spacial score (nSPS) is 12.2. The van der Waals surface area contributed by atoms with E-state index in [-0.39, 0.29) is 5.97 Å². The van der Waals surface area contributed by atoms with Crippen molar-refractivity contribution in [2.75, 3.05) is 12.4 Å². The van der Waals surface area contributed by atoms with Crippen LogP contribution in [0.4, 0.5) is 0 Å². The van der Waals surface area contributed by atoms with Crippen molar-refractivity contribution < 1.29 is 23.9 Å². The molecule has 7 heteroatoms. The summed E-state index contributed by atoms with van der Waals surface area (Å²) in [7, 11) is -2.84. The topological polar surface area (TPSA) is 76.0 Å². The summed E-state index contributed by atoms with van der Waals surface area (Å²) in [6.45, 7) is 6.77. The van der Waals surface area contributed by atoms with E-state index in [0.29, 0.717) is 23.3 Å². The van der Waals surface area contributed by atoms with Crippen molar-refractivity contribution in [1.82, 2.24) is 0 Å². The van der Waals surface area contributed by atoms with E-state index in [2.05, 4.69) is 26.0 Å². The van der Waals surface area contributed by atoms with Gasteiger partial charge < -0.3 is 19.1 Å². The Morgan fingerprint density at radius 2 is 1.26 bits per heavy atom. The Kier molecular flexibility index (Phi) is 15.4. The lowest BCUT2D eigenvalue weighted by Gasteiger charge is -2.10. The molecule has 0 unspecified atom stereocenters. The summed E-state index contributed by atoms with van der Waals surface area (Å²) < 4.78 is 11.5. The molecule has 0 aliphatic rings. The molecule has 0 radical (unpaired) electrons. The molecule has 0 spiro atoms. The third kappa shape index (κ3) is 14.2. The maximum atomic E-state index is 12.6. The molecule has 0 aliphatic carbocycles. The summed E-state index contributed by atoms with van der Waals surface area (Å²) in [6, 6.07) is 24.0. The van der Waals surface area contributed by atoms with Crippen LogP contribution in [0.25, 0.3) is 11.1 Å². The molecular weight excluding hydrogens is 573 g/mol. The maximum Gasteiger partial charge on any atom is 0.343 e. The highest BCUT2D eigenvalue weighted by molar-refractivity contribution is 7.99. The quantitative estimate of drug-likeness (QED) is 0.0430. The van der Waals surface area contributed by atoms with Crippen molar-refractivity contribution in [1.29, 1.82) is 0 Å².